The lowest BCUT2D eigenvalue weighted by atomic mass is 10.3. The van der Waals surface area contributed by atoms with Crippen LogP contribution in [0.25, 0.3) is 0 Å². The van der Waals surface area contributed by atoms with Crippen LogP contribution in [0, 0.1) is 11.3 Å². The minimum Gasteiger partial charge on any atom is -0.454 e. The highest BCUT2D eigenvalue weighted by molar-refractivity contribution is 5.57. The summed E-state index contributed by atoms with van der Waals surface area (Å²) in [6.45, 7) is 2.91. The summed E-state index contributed by atoms with van der Waals surface area (Å²) in [6, 6.07) is 9.06. The molecule has 0 saturated carbocycles. The van der Waals surface area contributed by atoms with E-state index in [9.17, 15) is 0 Å². The first kappa shape index (κ1) is 13.2. The smallest absolute Gasteiger partial charge is 0.231 e. The first-order valence-corrected chi connectivity index (χ1v) is 6.69. The number of fused-ring (bicyclic) bond motifs is 1. The molecule has 3 rings (SSSR count). The molecule has 21 heavy (non-hydrogen) atoms. The van der Waals surface area contributed by atoms with Crippen LogP contribution in [0.15, 0.2) is 24.3 Å². The Kier molecular flexibility index (Phi) is 3.32. The molecule has 0 amide bonds. The number of aromatic nitrogens is 1. The number of nitriles is 1. The van der Waals surface area contributed by atoms with Gasteiger partial charge in [-0.3, -0.25) is 0 Å². The number of benzene rings is 1. The predicted octanol–water partition coefficient (Wildman–Crippen LogP) is 2.87. The quantitative estimate of drug-likeness (QED) is 0.934. The summed E-state index contributed by atoms with van der Waals surface area (Å²) in [5, 5.41) is 9.16. The van der Waals surface area contributed by atoms with Crippen molar-refractivity contribution in [2.45, 2.75) is 19.9 Å². The van der Waals surface area contributed by atoms with Gasteiger partial charge in [0.2, 0.25) is 12.7 Å². The number of ether oxygens (including phenoxy) is 3. The third kappa shape index (κ3) is 2.34. The number of rotatable bonds is 4. The number of nitrogens with two attached hydrogens (primary N) is 1. The summed E-state index contributed by atoms with van der Waals surface area (Å²) in [7, 11) is 0. The highest BCUT2D eigenvalue weighted by Crippen LogP contribution is 2.38. The molecule has 0 atom stereocenters. The molecule has 2 heterocycles. The third-order valence-electron chi connectivity index (χ3n) is 3.20. The fourth-order valence-electron chi connectivity index (χ4n) is 2.26. The second-order valence-electron chi connectivity index (χ2n) is 4.67. The van der Waals surface area contributed by atoms with Gasteiger partial charge in [-0.1, -0.05) is 6.92 Å². The van der Waals surface area contributed by atoms with Crippen molar-refractivity contribution in [3.63, 3.8) is 0 Å². The first-order valence-electron chi connectivity index (χ1n) is 6.69. The molecular weight excluding hydrogens is 270 g/mol. The number of hydrogen-bond acceptors (Lipinski definition) is 5. The zero-order chi connectivity index (χ0) is 14.8. The van der Waals surface area contributed by atoms with Crippen LogP contribution >= 0.6 is 0 Å². The van der Waals surface area contributed by atoms with E-state index < -0.39 is 0 Å². The molecule has 108 valence electrons. The van der Waals surface area contributed by atoms with Crippen LogP contribution in [0.1, 0.15) is 19.0 Å². The van der Waals surface area contributed by atoms with Crippen LogP contribution in [0.2, 0.25) is 0 Å². The Bertz CT molecular complexity index is 716. The van der Waals surface area contributed by atoms with Crippen molar-refractivity contribution in [1.82, 2.24) is 4.57 Å². The maximum absolute atomic E-state index is 9.16. The molecule has 1 aliphatic rings. The van der Waals surface area contributed by atoms with Crippen molar-refractivity contribution in [2.75, 3.05) is 12.5 Å². The Hall–Kier alpha value is -2.81. The largest absolute Gasteiger partial charge is 0.454 e. The molecule has 0 aliphatic carbocycles. The van der Waals surface area contributed by atoms with E-state index in [1.165, 1.54) is 0 Å². The van der Waals surface area contributed by atoms with Crippen molar-refractivity contribution in [3.05, 3.63) is 30.0 Å². The molecule has 1 aromatic heterocycles. The van der Waals surface area contributed by atoms with Gasteiger partial charge in [0, 0.05) is 18.7 Å². The highest BCUT2D eigenvalue weighted by atomic mass is 16.7. The van der Waals surface area contributed by atoms with Gasteiger partial charge >= 0.3 is 0 Å². The summed E-state index contributed by atoms with van der Waals surface area (Å²) in [4.78, 5) is 0. The minimum atomic E-state index is 0.214. The Labute approximate surface area is 122 Å². The third-order valence-corrected chi connectivity index (χ3v) is 3.20. The number of nitrogen functional groups attached to an aromatic ring is 1. The van der Waals surface area contributed by atoms with Gasteiger partial charge < -0.3 is 24.5 Å². The molecule has 2 aromatic rings. The van der Waals surface area contributed by atoms with Gasteiger partial charge in [0.1, 0.15) is 17.5 Å². The Morgan fingerprint density at radius 1 is 1.33 bits per heavy atom. The van der Waals surface area contributed by atoms with Gasteiger partial charge in [0.25, 0.3) is 0 Å². The van der Waals surface area contributed by atoms with E-state index >= 15 is 0 Å². The lowest BCUT2D eigenvalue weighted by molar-refractivity contribution is 0.174. The van der Waals surface area contributed by atoms with E-state index in [1.807, 2.05) is 6.92 Å². The van der Waals surface area contributed by atoms with Gasteiger partial charge in [-0.2, -0.15) is 5.26 Å². The Morgan fingerprint density at radius 3 is 2.90 bits per heavy atom. The van der Waals surface area contributed by atoms with E-state index in [1.54, 1.807) is 28.8 Å². The Balaban J connectivity index is 1.94. The molecule has 6 nitrogen and oxygen atoms in total. The van der Waals surface area contributed by atoms with Crippen molar-refractivity contribution in [1.29, 1.82) is 5.26 Å². The second kappa shape index (κ2) is 5.29. The molecule has 0 fully saturated rings. The molecule has 0 spiro atoms. The van der Waals surface area contributed by atoms with Gasteiger partial charge in [0.15, 0.2) is 11.5 Å². The zero-order valence-corrected chi connectivity index (χ0v) is 11.6. The van der Waals surface area contributed by atoms with Crippen LogP contribution < -0.4 is 19.9 Å². The summed E-state index contributed by atoms with van der Waals surface area (Å²) in [5.41, 5.74) is 6.89. The minimum absolute atomic E-state index is 0.214. The standard InChI is InChI=1S/C15H15N3O3/c1-2-5-18-10(8-16)6-12(17)15(18)21-11-3-4-13-14(7-11)20-9-19-13/h3-4,6-7H,2,5,9,17H2,1H3. The number of hydrogen-bond donors (Lipinski definition) is 1. The molecule has 1 aromatic carbocycles. The molecule has 6 heteroatoms. The van der Waals surface area contributed by atoms with Gasteiger partial charge in [-0.25, -0.2) is 0 Å². The zero-order valence-electron chi connectivity index (χ0n) is 11.6. The molecule has 0 saturated heterocycles. The average molecular weight is 285 g/mol. The second-order valence-corrected chi connectivity index (χ2v) is 4.67. The molecule has 2 N–H and O–H groups in total. The van der Waals surface area contributed by atoms with E-state index in [0.29, 0.717) is 41.1 Å². The van der Waals surface area contributed by atoms with E-state index in [4.69, 9.17) is 25.2 Å². The van der Waals surface area contributed by atoms with E-state index in [-0.39, 0.29) is 6.79 Å². The van der Waals surface area contributed by atoms with E-state index in [0.717, 1.165) is 6.42 Å². The fourth-order valence-corrected chi connectivity index (χ4v) is 2.26. The van der Waals surface area contributed by atoms with Gasteiger partial charge in [-0.05, 0) is 18.6 Å². The maximum Gasteiger partial charge on any atom is 0.231 e. The monoisotopic (exact) mass is 285 g/mol. The van der Waals surface area contributed by atoms with Crippen LogP contribution in [-0.2, 0) is 6.54 Å². The summed E-state index contributed by atoms with van der Waals surface area (Å²) in [6.07, 6.45) is 0.875. The number of anilines is 1. The first-order chi connectivity index (χ1) is 10.2. The lowest BCUT2D eigenvalue weighted by Gasteiger charge is -2.11. The van der Waals surface area contributed by atoms with Crippen molar-refractivity contribution >= 4 is 5.69 Å². The summed E-state index contributed by atoms with van der Waals surface area (Å²) in [5.74, 6) is 2.40. The fraction of sp³-hybridized carbons (Fsp3) is 0.267. The summed E-state index contributed by atoms with van der Waals surface area (Å²) >= 11 is 0. The Morgan fingerprint density at radius 2 is 2.14 bits per heavy atom. The van der Waals surface area contributed by atoms with Crippen LogP contribution in [0.4, 0.5) is 5.69 Å². The molecule has 0 unspecified atom stereocenters. The normalized spacial score (nSPS) is 12.2. The number of nitrogens with zero attached hydrogens (tertiary/aromatic N) is 2. The average Bonchev–Trinajstić information content (AvgIpc) is 3.06. The predicted molar refractivity (Wildman–Crippen MR) is 76.5 cm³/mol. The van der Waals surface area contributed by atoms with Crippen LogP contribution in [0.3, 0.4) is 0 Å². The molecular formula is C15H15N3O3. The maximum atomic E-state index is 9.16. The van der Waals surface area contributed by atoms with Crippen LogP contribution in [-0.4, -0.2) is 11.4 Å². The van der Waals surface area contributed by atoms with Crippen molar-refractivity contribution in [2.24, 2.45) is 0 Å². The van der Waals surface area contributed by atoms with E-state index in [2.05, 4.69) is 6.07 Å². The van der Waals surface area contributed by atoms with Crippen molar-refractivity contribution in [3.8, 4) is 29.2 Å². The molecule has 0 bridgehead atoms. The van der Waals surface area contributed by atoms with Gasteiger partial charge in [-0.15, -0.1) is 0 Å². The lowest BCUT2D eigenvalue weighted by Crippen LogP contribution is -2.03. The molecule has 1 aliphatic heterocycles. The molecule has 0 radical (unpaired) electrons. The highest BCUT2D eigenvalue weighted by Gasteiger charge is 2.18. The summed E-state index contributed by atoms with van der Waals surface area (Å²) < 4.78 is 18.2. The topological polar surface area (TPSA) is 82.4 Å². The van der Waals surface area contributed by atoms with Crippen LogP contribution in [0.5, 0.6) is 23.1 Å². The van der Waals surface area contributed by atoms with Gasteiger partial charge in [0.05, 0.1) is 5.69 Å². The SMILES string of the molecule is CCCn1c(C#N)cc(N)c1Oc1ccc2c(c1)OCO2. The van der Waals surface area contributed by atoms with Crippen molar-refractivity contribution < 1.29 is 14.2 Å².